The molecule has 1 N–H and O–H groups in total. The van der Waals surface area contributed by atoms with Crippen LogP contribution in [0.5, 0.6) is 17.2 Å². The highest BCUT2D eigenvalue weighted by molar-refractivity contribution is 7.65. The average Bonchev–Trinajstić information content (AvgIpc) is 2.76. The lowest BCUT2D eigenvalue weighted by Gasteiger charge is -2.31. The molecule has 1 saturated heterocycles. The number of methoxy groups -OCH3 is 1. The minimum atomic E-state index is -3.17. The maximum atomic E-state index is 13.4. The predicted octanol–water partition coefficient (Wildman–Crippen LogP) is 5.71. The zero-order valence-corrected chi connectivity index (χ0v) is 17.5. The van der Waals surface area contributed by atoms with Crippen LogP contribution in [-0.2, 0) is 9.09 Å². The first kappa shape index (κ1) is 20.0. The smallest absolute Gasteiger partial charge is 0.300 e. The van der Waals surface area contributed by atoms with Crippen molar-refractivity contribution in [1.29, 1.82) is 0 Å². The number of halogens is 1. The van der Waals surface area contributed by atoms with Crippen LogP contribution < -0.4 is 19.9 Å². The lowest BCUT2D eigenvalue weighted by Crippen LogP contribution is -2.31. The zero-order chi connectivity index (χ0) is 20.3. The highest BCUT2D eigenvalue weighted by atomic mass is 35.5. The lowest BCUT2D eigenvalue weighted by atomic mass is 10.1. The second kappa shape index (κ2) is 8.60. The molecule has 1 aliphatic rings. The maximum Gasteiger partial charge on any atom is 0.300 e. The second-order valence-electron chi connectivity index (χ2n) is 6.68. The molecule has 1 fully saturated rings. The third kappa shape index (κ3) is 4.65. The van der Waals surface area contributed by atoms with Crippen molar-refractivity contribution in [2.24, 2.45) is 0 Å². The number of ether oxygens (including phenoxy) is 2. The van der Waals surface area contributed by atoms with Crippen molar-refractivity contribution >= 4 is 24.4 Å². The Balaban J connectivity index is 1.48. The van der Waals surface area contributed by atoms with Crippen LogP contribution in [0.25, 0.3) is 0 Å². The SMILES string of the molecule is COc1ccc(C2CCOP(=O)(c3ccc(Oc4ccc(Cl)cc4)cc3)N2)cc1. The van der Waals surface area contributed by atoms with Gasteiger partial charge in [0, 0.05) is 11.1 Å². The molecule has 1 heterocycles. The Morgan fingerprint density at radius 3 is 2.14 bits per heavy atom. The van der Waals surface area contributed by atoms with Crippen molar-refractivity contribution in [1.82, 2.24) is 5.09 Å². The van der Waals surface area contributed by atoms with Crippen LogP contribution in [0.1, 0.15) is 18.0 Å². The summed E-state index contributed by atoms with van der Waals surface area (Å²) >= 11 is 5.89. The summed E-state index contributed by atoms with van der Waals surface area (Å²) in [5.41, 5.74) is 1.05. The molecule has 0 spiro atoms. The van der Waals surface area contributed by atoms with Crippen LogP contribution in [-0.4, -0.2) is 13.7 Å². The fourth-order valence-corrected chi connectivity index (χ4v) is 5.27. The molecule has 7 heteroatoms. The van der Waals surface area contributed by atoms with Crippen molar-refractivity contribution < 1.29 is 18.6 Å². The molecular weight excluding hydrogens is 409 g/mol. The fourth-order valence-electron chi connectivity index (χ4n) is 3.18. The molecule has 4 rings (SSSR count). The number of benzene rings is 3. The van der Waals surface area contributed by atoms with E-state index in [1.54, 1.807) is 55.6 Å². The molecule has 2 atom stereocenters. The average molecular weight is 430 g/mol. The summed E-state index contributed by atoms with van der Waals surface area (Å²) in [5.74, 6) is 2.12. The Kier molecular flexibility index (Phi) is 5.93. The van der Waals surface area contributed by atoms with Crippen LogP contribution >= 0.6 is 19.1 Å². The predicted molar refractivity (Wildman–Crippen MR) is 115 cm³/mol. The zero-order valence-electron chi connectivity index (χ0n) is 15.9. The largest absolute Gasteiger partial charge is 0.497 e. The van der Waals surface area contributed by atoms with Crippen molar-refractivity contribution in [3.8, 4) is 17.2 Å². The summed E-state index contributed by atoms with van der Waals surface area (Å²) in [6.45, 7) is 0.421. The van der Waals surface area contributed by atoms with Crippen LogP contribution in [0.3, 0.4) is 0 Å². The number of hydrogen-bond donors (Lipinski definition) is 1. The third-order valence-corrected chi connectivity index (χ3v) is 7.18. The van der Waals surface area contributed by atoms with Crippen molar-refractivity contribution in [3.05, 3.63) is 83.4 Å². The molecule has 3 aromatic rings. The molecule has 150 valence electrons. The van der Waals surface area contributed by atoms with E-state index >= 15 is 0 Å². The minimum Gasteiger partial charge on any atom is -0.497 e. The van der Waals surface area contributed by atoms with Gasteiger partial charge in [-0.2, -0.15) is 0 Å². The summed E-state index contributed by atoms with van der Waals surface area (Å²) in [5, 5.41) is 4.47. The van der Waals surface area contributed by atoms with E-state index in [2.05, 4.69) is 5.09 Å². The number of rotatable bonds is 5. The van der Waals surface area contributed by atoms with Gasteiger partial charge in [-0.15, -0.1) is 0 Å². The van der Waals surface area contributed by atoms with Gasteiger partial charge in [-0.3, -0.25) is 4.57 Å². The Hall–Kier alpha value is -2.30. The van der Waals surface area contributed by atoms with Gasteiger partial charge in [-0.25, -0.2) is 5.09 Å². The molecular formula is C22H21ClNO4P. The van der Waals surface area contributed by atoms with E-state index < -0.39 is 7.52 Å². The van der Waals surface area contributed by atoms with Crippen molar-refractivity contribution in [2.75, 3.05) is 13.7 Å². The van der Waals surface area contributed by atoms with E-state index in [-0.39, 0.29) is 6.04 Å². The van der Waals surface area contributed by atoms with Crippen LogP contribution in [0.4, 0.5) is 0 Å². The highest BCUT2D eigenvalue weighted by Crippen LogP contribution is 2.48. The molecule has 5 nitrogen and oxygen atoms in total. The van der Waals surface area contributed by atoms with Gasteiger partial charge in [-0.05, 0) is 72.6 Å². The Bertz CT molecular complexity index is 1010. The summed E-state index contributed by atoms with van der Waals surface area (Å²) in [6.07, 6.45) is 0.744. The quantitative estimate of drug-likeness (QED) is 0.526. The van der Waals surface area contributed by atoms with E-state index in [0.717, 1.165) is 17.7 Å². The topological polar surface area (TPSA) is 56.8 Å². The van der Waals surface area contributed by atoms with Crippen molar-refractivity contribution in [3.63, 3.8) is 0 Å². The molecule has 0 amide bonds. The highest BCUT2D eigenvalue weighted by Gasteiger charge is 2.34. The number of hydrogen-bond acceptors (Lipinski definition) is 4. The first-order valence-electron chi connectivity index (χ1n) is 9.26. The molecule has 0 aromatic heterocycles. The third-order valence-electron chi connectivity index (χ3n) is 4.75. The van der Waals surface area contributed by atoms with Gasteiger partial charge < -0.3 is 14.0 Å². The van der Waals surface area contributed by atoms with E-state index in [1.165, 1.54) is 0 Å². The van der Waals surface area contributed by atoms with Crippen LogP contribution in [0, 0.1) is 0 Å². The normalized spacial score (nSPS) is 21.5. The monoisotopic (exact) mass is 429 g/mol. The first-order valence-corrected chi connectivity index (χ1v) is 11.3. The summed E-state index contributed by atoms with van der Waals surface area (Å²) in [4.78, 5) is 0. The Morgan fingerprint density at radius 1 is 0.931 bits per heavy atom. The first-order chi connectivity index (χ1) is 14.1. The summed E-state index contributed by atoms with van der Waals surface area (Å²) in [6, 6.07) is 22.0. The van der Waals surface area contributed by atoms with E-state index in [9.17, 15) is 4.57 Å². The Labute approximate surface area is 175 Å². The summed E-state index contributed by atoms with van der Waals surface area (Å²) in [7, 11) is -1.53. The van der Waals surface area contributed by atoms with Gasteiger partial charge in [0.05, 0.1) is 19.0 Å². The van der Waals surface area contributed by atoms with E-state index in [4.69, 9.17) is 25.6 Å². The standard InChI is InChI=1S/C22H21ClNO4P/c1-26-18-6-2-16(3-7-18)22-14-15-27-29(25,24-22)21-12-10-20(11-13-21)28-19-8-4-17(23)5-9-19/h2-13,22H,14-15H2,1H3,(H,24,25). The van der Waals surface area contributed by atoms with Crippen LogP contribution in [0.2, 0.25) is 5.02 Å². The molecule has 29 heavy (non-hydrogen) atoms. The van der Waals surface area contributed by atoms with Crippen molar-refractivity contribution in [2.45, 2.75) is 12.5 Å². The lowest BCUT2D eigenvalue weighted by molar-refractivity contribution is 0.257. The molecule has 0 saturated carbocycles. The molecule has 2 unspecified atom stereocenters. The maximum absolute atomic E-state index is 13.4. The molecule has 0 radical (unpaired) electrons. The van der Waals surface area contributed by atoms with Gasteiger partial charge >= 0.3 is 0 Å². The fraction of sp³-hybridized carbons (Fsp3) is 0.182. The molecule has 0 aliphatic carbocycles. The summed E-state index contributed by atoms with van der Waals surface area (Å²) < 4.78 is 30.1. The molecule has 0 bridgehead atoms. The van der Waals surface area contributed by atoms with Crippen LogP contribution in [0.15, 0.2) is 72.8 Å². The van der Waals surface area contributed by atoms with Gasteiger partial charge in [0.25, 0.3) is 7.52 Å². The minimum absolute atomic E-state index is 0.0505. The van der Waals surface area contributed by atoms with Gasteiger partial charge in [0.2, 0.25) is 0 Å². The van der Waals surface area contributed by atoms with E-state index in [0.29, 0.717) is 28.4 Å². The second-order valence-corrected chi connectivity index (χ2v) is 9.25. The van der Waals surface area contributed by atoms with Gasteiger partial charge in [-0.1, -0.05) is 23.7 Å². The van der Waals surface area contributed by atoms with Gasteiger partial charge in [0.1, 0.15) is 17.2 Å². The molecule has 3 aromatic carbocycles. The molecule has 1 aliphatic heterocycles. The van der Waals surface area contributed by atoms with Gasteiger partial charge in [0.15, 0.2) is 0 Å². The van der Waals surface area contributed by atoms with E-state index in [1.807, 2.05) is 24.3 Å². The number of nitrogens with one attached hydrogen (secondary N) is 1. The Morgan fingerprint density at radius 2 is 1.52 bits per heavy atom.